The minimum absolute atomic E-state index is 0.146. The summed E-state index contributed by atoms with van der Waals surface area (Å²) in [5.41, 5.74) is 6.09. The second-order valence-electron chi connectivity index (χ2n) is 3.34. The molecule has 0 heterocycles. The quantitative estimate of drug-likeness (QED) is 0.868. The molecule has 0 spiro atoms. The number of rotatable bonds is 3. The molecule has 0 bridgehead atoms. The van der Waals surface area contributed by atoms with Crippen molar-refractivity contribution in [3.63, 3.8) is 0 Å². The minimum atomic E-state index is -4.66. The van der Waals surface area contributed by atoms with Crippen LogP contribution in [0, 0.1) is 0 Å². The summed E-state index contributed by atoms with van der Waals surface area (Å²) in [6, 6.07) is 5.56. The zero-order valence-corrected chi connectivity index (χ0v) is 8.66. The second-order valence-corrected chi connectivity index (χ2v) is 3.34. The number of alkyl halides is 3. The predicted octanol–water partition coefficient (Wildman–Crippen LogP) is 2.95. The maximum absolute atomic E-state index is 11.9. The topological polar surface area (TPSA) is 35.2 Å². The molecule has 88 valence electrons. The van der Waals surface area contributed by atoms with Crippen molar-refractivity contribution in [2.24, 2.45) is 5.73 Å². The van der Waals surface area contributed by atoms with Crippen molar-refractivity contribution < 1.29 is 17.9 Å². The molecule has 1 atom stereocenters. The van der Waals surface area contributed by atoms with Crippen molar-refractivity contribution in [2.75, 3.05) is 0 Å². The Morgan fingerprint density at radius 2 is 2.06 bits per heavy atom. The van der Waals surface area contributed by atoms with Gasteiger partial charge in [0.25, 0.3) is 0 Å². The molecule has 0 aliphatic heterocycles. The average molecular weight is 231 g/mol. The Hall–Kier alpha value is -1.49. The lowest BCUT2D eigenvalue weighted by atomic mass is 10.2. The summed E-state index contributed by atoms with van der Waals surface area (Å²) in [4.78, 5) is 0. The van der Waals surface area contributed by atoms with E-state index < -0.39 is 6.36 Å². The summed E-state index contributed by atoms with van der Waals surface area (Å²) in [5, 5.41) is 0. The molecule has 0 saturated heterocycles. The van der Waals surface area contributed by atoms with Crippen LogP contribution in [-0.2, 0) is 0 Å². The third-order valence-corrected chi connectivity index (χ3v) is 1.68. The number of nitrogens with two attached hydrogens (primary N) is 1. The number of benzene rings is 1. The smallest absolute Gasteiger partial charge is 0.406 e. The number of halogens is 3. The van der Waals surface area contributed by atoms with Gasteiger partial charge in [0.1, 0.15) is 5.75 Å². The van der Waals surface area contributed by atoms with E-state index in [1.807, 2.05) is 0 Å². The molecule has 1 aromatic rings. The van der Waals surface area contributed by atoms with Gasteiger partial charge in [-0.2, -0.15) is 0 Å². The summed E-state index contributed by atoms with van der Waals surface area (Å²) >= 11 is 0. The van der Waals surface area contributed by atoms with E-state index in [9.17, 15) is 13.2 Å². The summed E-state index contributed by atoms with van der Waals surface area (Å²) in [6.07, 6.45) is -1.33. The zero-order valence-electron chi connectivity index (χ0n) is 8.66. The average Bonchev–Trinajstić information content (AvgIpc) is 2.12. The molecule has 1 rings (SSSR count). The molecule has 0 aliphatic carbocycles. The molecule has 0 fully saturated rings. The van der Waals surface area contributed by atoms with Crippen LogP contribution in [-0.4, -0.2) is 12.4 Å². The second kappa shape index (κ2) is 5.03. The van der Waals surface area contributed by atoms with Gasteiger partial charge < -0.3 is 10.5 Å². The van der Waals surface area contributed by atoms with Gasteiger partial charge >= 0.3 is 6.36 Å². The first-order valence-electron chi connectivity index (χ1n) is 4.66. The van der Waals surface area contributed by atoms with Crippen LogP contribution in [0.5, 0.6) is 5.75 Å². The third kappa shape index (κ3) is 4.84. The van der Waals surface area contributed by atoms with Crippen molar-refractivity contribution in [1.29, 1.82) is 0 Å². The van der Waals surface area contributed by atoms with Crippen molar-refractivity contribution in [3.8, 4) is 5.75 Å². The Bertz CT molecular complexity index is 372. The largest absolute Gasteiger partial charge is 0.573 e. The van der Waals surface area contributed by atoms with E-state index >= 15 is 0 Å². The first kappa shape index (κ1) is 12.6. The Labute approximate surface area is 91.5 Å². The van der Waals surface area contributed by atoms with Crippen LogP contribution >= 0.6 is 0 Å². The lowest BCUT2D eigenvalue weighted by Gasteiger charge is -2.08. The van der Waals surface area contributed by atoms with E-state index in [4.69, 9.17) is 5.73 Å². The highest BCUT2D eigenvalue weighted by molar-refractivity contribution is 5.52. The van der Waals surface area contributed by atoms with Crippen LogP contribution in [0.25, 0.3) is 6.08 Å². The van der Waals surface area contributed by atoms with Gasteiger partial charge in [0.05, 0.1) is 0 Å². The summed E-state index contributed by atoms with van der Waals surface area (Å²) in [7, 11) is 0. The van der Waals surface area contributed by atoms with E-state index in [-0.39, 0.29) is 11.8 Å². The molecule has 0 amide bonds. The van der Waals surface area contributed by atoms with E-state index in [0.717, 1.165) is 0 Å². The molecule has 0 radical (unpaired) electrons. The molecular formula is C11H12F3NO. The standard InChI is InChI=1S/C11H12F3NO/c1-8(15)5-6-9-3-2-4-10(7-9)16-11(12,13)14/h2-8H,15H2,1H3/b6-5+. The van der Waals surface area contributed by atoms with Crippen LogP contribution in [0.2, 0.25) is 0 Å². The maximum Gasteiger partial charge on any atom is 0.573 e. The first-order valence-corrected chi connectivity index (χ1v) is 4.66. The normalized spacial score (nSPS) is 14.1. The van der Waals surface area contributed by atoms with Gasteiger partial charge in [-0.05, 0) is 24.6 Å². The molecule has 0 aromatic heterocycles. The first-order chi connectivity index (χ1) is 7.37. The zero-order chi connectivity index (χ0) is 12.2. The van der Waals surface area contributed by atoms with E-state index in [2.05, 4.69) is 4.74 Å². The Morgan fingerprint density at radius 1 is 1.38 bits per heavy atom. The van der Waals surface area contributed by atoms with Gasteiger partial charge in [0.2, 0.25) is 0 Å². The van der Waals surface area contributed by atoms with Gasteiger partial charge in [-0.25, -0.2) is 0 Å². The summed E-state index contributed by atoms with van der Waals surface area (Å²) < 4.78 is 39.6. The van der Waals surface area contributed by atoms with Crippen LogP contribution in [0.15, 0.2) is 30.3 Å². The van der Waals surface area contributed by atoms with Gasteiger partial charge in [0, 0.05) is 6.04 Å². The number of ether oxygens (including phenoxy) is 1. The molecule has 1 aromatic carbocycles. The Balaban J connectivity index is 2.79. The lowest BCUT2D eigenvalue weighted by Crippen LogP contribution is -2.17. The van der Waals surface area contributed by atoms with Crippen LogP contribution in [0.3, 0.4) is 0 Å². The van der Waals surface area contributed by atoms with Crippen molar-refractivity contribution >= 4 is 6.08 Å². The molecule has 2 N–H and O–H groups in total. The molecule has 2 nitrogen and oxygen atoms in total. The third-order valence-electron chi connectivity index (χ3n) is 1.68. The van der Waals surface area contributed by atoms with Crippen LogP contribution in [0.1, 0.15) is 12.5 Å². The predicted molar refractivity (Wildman–Crippen MR) is 55.8 cm³/mol. The number of hydrogen-bond acceptors (Lipinski definition) is 2. The Kier molecular flexibility index (Phi) is 3.95. The summed E-state index contributed by atoms with van der Waals surface area (Å²) in [6.45, 7) is 1.77. The van der Waals surface area contributed by atoms with E-state index in [0.29, 0.717) is 5.56 Å². The molecular weight excluding hydrogens is 219 g/mol. The van der Waals surface area contributed by atoms with Gasteiger partial charge in [-0.15, -0.1) is 13.2 Å². The van der Waals surface area contributed by atoms with Crippen LogP contribution in [0.4, 0.5) is 13.2 Å². The molecule has 5 heteroatoms. The highest BCUT2D eigenvalue weighted by atomic mass is 19.4. The maximum atomic E-state index is 11.9. The van der Waals surface area contributed by atoms with Crippen molar-refractivity contribution in [1.82, 2.24) is 0 Å². The molecule has 0 aliphatic rings. The summed E-state index contributed by atoms with van der Waals surface area (Å²) in [5.74, 6) is -0.237. The van der Waals surface area contributed by atoms with Gasteiger partial charge in [0.15, 0.2) is 0 Å². The molecule has 1 unspecified atom stereocenters. The molecule has 16 heavy (non-hydrogen) atoms. The van der Waals surface area contributed by atoms with E-state index in [1.165, 1.54) is 18.2 Å². The van der Waals surface area contributed by atoms with Gasteiger partial charge in [-0.3, -0.25) is 0 Å². The Morgan fingerprint density at radius 3 is 2.62 bits per heavy atom. The minimum Gasteiger partial charge on any atom is -0.406 e. The highest BCUT2D eigenvalue weighted by Gasteiger charge is 2.30. The van der Waals surface area contributed by atoms with Crippen LogP contribution < -0.4 is 10.5 Å². The van der Waals surface area contributed by atoms with Gasteiger partial charge in [-0.1, -0.05) is 24.3 Å². The van der Waals surface area contributed by atoms with E-state index in [1.54, 1.807) is 25.1 Å². The lowest BCUT2D eigenvalue weighted by molar-refractivity contribution is -0.274. The fourth-order valence-electron chi connectivity index (χ4n) is 1.08. The fourth-order valence-corrected chi connectivity index (χ4v) is 1.08. The number of hydrogen-bond donors (Lipinski definition) is 1. The monoisotopic (exact) mass is 231 g/mol. The fraction of sp³-hybridized carbons (Fsp3) is 0.273. The highest BCUT2D eigenvalue weighted by Crippen LogP contribution is 2.23. The van der Waals surface area contributed by atoms with Crippen molar-refractivity contribution in [3.05, 3.63) is 35.9 Å². The molecule has 0 saturated carbocycles. The SMILES string of the molecule is CC(N)/C=C/c1cccc(OC(F)(F)F)c1. The van der Waals surface area contributed by atoms with Crippen molar-refractivity contribution in [2.45, 2.75) is 19.3 Å².